The molecule has 1 aliphatic rings. The topological polar surface area (TPSA) is 3.24 Å². The van der Waals surface area contributed by atoms with E-state index in [0.717, 1.165) is 12.5 Å². The number of thiophene rings is 1. The van der Waals surface area contributed by atoms with Crippen molar-refractivity contribution < 1.29 is 0 Å². The molecule has 4 heteroatoms. The van der Waals surface area contributed by atoms with Crippen molar-refractivity contribution in [1.82, 2.24) is 4.90 Å². The maximum atomic E-state index is 3.61. The third-order valence-corrected chi connectivity index (χ3v) is 5.77. The Morgan fingerprint density at radius 2 is 2.47 bits per heavy atom. The average Bonchev–Trinajstić information content (AvgIpc) is 2.48. The zero-order chi connectivity index (χ0) is 10.7. The van der Waals surface area contributed by atoms with Crippen molar-refractivity contribution in [2.24, 2.45) is 5.92 Å². The van der Waals surface area contributed by atoms with Crippen LogP contribution in [0.25, 0.3) is 0 Å². The minimum absolute atomic E-state index is 0.830. The minimum Gasteiger partial charge on any atom is -0.297 e. The first kappa shape index (κ1) is 12.0. The van der Waals surface area contributed by atoms with E-state index in [2.05, 4.69) is 51.0 Å². The quantitative estimate of drug-likeness (QED) is 0.820. The van der Waals surface area contributed by atoms with Gasteiger partial charge >= 0.3 is 0 Å². The molecule has 1 aromatic rings. The van der Waals surface area contributed by atoms with Crippen molar-refractivity contribution >= 4 is 39.0 Å². The minimum atomic E-state index is 0.830. The van der Waals surface area contributed by atoms with Crippen LogP contribution < -0.4 is 0 Å². The van der Waals surface area contributed by atoms with Crippen LogP contribution in [0, 0.1) is 5.92 Å². The van der Waals surface area contributed by atoms with Crippen LogP contribution in [0.15, 0.2) is 15.9 Å². The van der Waals surface area contributed by atoms with E-state index < -0.39 is 0 Å². The summed E-state index contributed by atoms with van der Waals surface area (Å²) in [5.74, 6) is 3.44. The van der Waals surface area contributed by atoms with Crippen molar-refractivity contribution in [3.63, 3.8) is 0 Å². The summed E-state index contributed by atoms with van der Waals surface area (Å²) in [7, 11) is 0. The van der Waals surface area contributed by atoms with Gasteiger partial charge in [-0.15, -0.1) is 11.3 Å². The first-order valence-electron chi connectivity index (χ1n) is 5.27. The molecular weight excluding hydrogens is 290 g/mol. The molecule has 1 nitrogen and oxygen atoms in total. The monoisotopic (exact) mass is 305 g/mol. The van der Waals surface area contributed by atoms with Crippen LogP contribution in [0.5, 0.6) is 0 Å². The van der Waals surface area contributed by atoms with Gasteiger partial charge in [0.05, 0.1) is 0 Å². The molecule has 1 saturated heterocycles. The molecular formula is C11H16BrNS2. The number of hydrogen-bond donors (Lipinski definition) is 0. The first-order valence-corrected chi connectivity index (χ1v) is 8.10. The zero-order valence-corrected chi connectivity index (χ0v) is 12.1. The second-order valence-electron chi connectivity index (χ2n) is 4.11. The summed E-state index contributed by atoms with van der Waals surface area (Å²) in [4.78, 5) is 4.05. The highest BCUT2D eigenvalue weighted by molar-refractivity contribution is 9.10. The number of nitrogens with zero attached hydrogens (tertiary/aromatic N) is 1. The number of hydrogen-bond acceptors (Lipinski definition) is 3. The SMILES string of the molecule is CC1CSCCN(Cc2sccc2Br)C1. The van der Waals surface area contributed by atoms with Crippen LogP contribution in [0.1, 0.15) is 11.8 Å². The zero-order valence-electron chi connectivity index (χ0n) is 8.91. The molecule has 0 amide bonds. The van der Waals surface area contributed by atoms with Gasteiger partial charge in [-0.1, -0.05) is 6.92 Å². The Balaban J connectivity index is 1.96. The largest absolute Gasteiger partial charge is 0.297 e. The van der Waals surface area contributed by atoms with Crippen LogP contribution in [0.2, 0.25) is 0 Å². The normalized spacial score (nSPS) is 24.0. The summed E-state index contributed by atoms with van der Waals surface area (Å²) in [5, 5.41) is 2.16. The van der Waals surface area contributed by atoms with Crippen LogP contribution in [-0.4, -0.2) is 29.5 Å². The predicted molar refractivity (Wildman–Crippen MR) is 73.8 cm³/mol. The summed E-state index contributed by atoms with van der Waals surface area (Å²) in [6.07, 6.45) is 0. The van der Waals surface area contributed by atoms with E-state index in [1.54, 1.807) is 0 Å². The molecule has 2 heterocycles. The Bertz CT molecular complexity index is 313. The molecule has 1 unspecified atom stereocenters. The predicted octanol–water partition coefficient (Wildman–Crippen LogP) is 3.70. The fourth-order valence-electron chi connectivity index (χ4n) is 1.85. The van der Waals surface area contributed by atoms with Gasteiger partial charge in [-0.05, 0) is 39.0 Å². The van der Waals surface area contributed by atoms with E-state index >= 15 is 0 Å². The van der Waals surface area contributed by atoms with E-state index in [1.165, 1.54) is 33.9 Å². The molecule has 2 rings (SSSR count). The van der Waals surface area contributed by atoms with Gasteiger partial charge in [-0.3, -0.25) is 4.90 Å². The third-order valence-electron chi connectivity index (χ3n) is 2.58. The average molecular weight is 306 g/mol. The van der Waals surface area contributed by atoms with Crippen molar-refractivity contribution in [1.29, 1.82) is 0 Å². The molecule has 84 valence electrons. The molecule has 0 saturated carbocycles. The molecule has 0 radical (unpaired) electrons. The Labute approximate surface area is 108 Å². The van der Waals surface area contributed by atoms with Crippen LogP contribution in [0.3, 0.4) is 0 Å². The number of thioether (sulfide) groups is 1. The van der Waals surface area contributed by atoms with Gasteiger partial charge in [0, 0.05) is 34.7 Å². The Morgan fingerprint density at radius 3 is 3.20 bits per heavy atom. The fourth-order valence-corrected chi connectivity index (χ4v) is 4.43. The maximum Gasteiger partial charge on any atom is 0.0339 e. The van der Waals surface area contributed by atoms with Crippen molar-refractivity contribution in [3.8, 4) is 0 Å². The molecule has 0 bridgehead atoms. The standard InChI is InChI=1S/C11H16BrNS2/c1-9-6-13(3-5-14-8-9)7-11-10(12)2-4-15-11/h2,4,9H,3,5-8H2,1H3. The van der Waals surface area contributed by atoms with E-state index in [-0.39, 0.29) is 0 Å². The molecule has 15 heavy (non-hydrogen) atoms. The smallest absolute Gasteiger partial charge is 0.0339 e. The highest BCUT2D eigenvalue weighted by Crippen LogP contribution is 2.25. The summed E-state index contributed by atoms with van der Waals surface area (Å²) in [6.45, 7) is 5.95. The van der Waals surface area contributed by atoms with Gasteiger partial charge < -0.3 is 0 Å². The second-order valence-corrected chi connectivity index (χ2v) is 7.11. The van der Waals surface area contributed by atoms with Crippen LogP contribution in [-0.2, 0) is 6.54 Å². The highest BCUT2D eigenvalue weighted by Gasteiger charge is 2.16. The lowest BCUT2D eigenvalue weighted by molar-refractivity contribution is 0.258. The van der Waals surface area contributed by atoms with Crippen molar-refractivity contribution in [2.75, 3.05) is 24.6 Å². The van der Waals surface area contributed by atoms with E-state index in [4.69, 9.17) is 0 Å². The lowest BCUT2D eigenvalue weighted by atomic mass is 10.2. The molecule has 0 aliphatic carbocycles. The first-order chi connectivity index (χ1) is 7.25. The molecule has 0 spiro atoms. The number of rotatable bonds is 2. The summed E-state index contributed by atoms with van der Waals surface area (Å²) < 4.78 is 1.28. The lowest BCUT2D eigenvalue weighted by Crippen LogP contribution is -2.28. The van der Waals surface area contributed by atoms with E-state index in [1.807, 2.05) is 11.3 Å². The molecule has 0 N–H and O–H groups in total. The van der Waals surface area contributed by atoms with Gasteiger partial charge in [0.15, 0.2) is 0 Å². The fraction of sp³-hybridized carbons (Fsp3) is 0.636. The van der Waals surface area contributed by atoms with Gasteiger partial charge in [-0.2, -0.15) is 11.8 Å². The summed E-state index contributed by atoms with van der Waals surface area (Å²) in [6, 6.07) is 2.15. The Hall–Kier alpha value is 0.490. The second kappa shape index (κ2) is 5.71. The summed E-state index contributed by atoms with van der Waals surface area (Å²) in [5.41, 5.74) is 0. The van der Waals surface area contributed by atoms with Crippen molar-refractivity contribution in [3.05, 3.63) is 20.8 Å². The van der Waals surface area contributed by atoms with Crippen LogP contribution >= 0.6 is 39.0 Å². The summed E-state index contributed by atoms with van der Waals surface area (Å²) >= 11 is 7.56. The lowest BCUT2D eigenvalue weighted by Gasteiger charge is -2.21. The Morgan fingerprint density at radius 1 is 1.60 bits per heavy atom. The van der Waals surface area contributed by atoms with Gasteiger partial charge in [-0.25, -0.2) is 0 Å². The van der Waals surface area contributed by atoms with Crippen molar-refractivity contribution in [2.45, 2.75) is 13.5 Å². The van der Waals surface area contributed by atoms with Gasteiger partial charge in [0.25, 0.3) is 0 Å². The number of halogens is 1. The molecule has 1 atom stereocenters. The molecule has 1 aromatic heterocycles. The molecule has 1 fully saturated rings. The third kappa shape index (κ3) is 3.48. The van der Waals surface area contributed by atoms with Crippen LogP contribution in [0.4, 0.5) is 0 Å². The van der Waals surface area contributed by atoms with Gasteiger partial charge in [0.1, 0.15) is 0 Å². The van der Waals surface area contributed by atoms with Gasteiger partial charge in [0.2, 0.25) is 0 Å². The Kier molecular flexibility index (Phi) is 4.55. The van der Waals surface area contributed by atoms with E-state index in [0.29, 0.717) is 0 Å². The molecule has 0 aromatic carbocycles. The molecule has 1 aliphatic heterocycles. The van der Waals surface area contributed by atoms with E-state index in [9.17, 15) is 0 Å². The maximum absolute atomic E-state index is 3.61. The highest BCUT2D eigenvalue weighted by atomic mass is 79.9.